The number of phenolic OH excluding ortho intramolecular Hbond substituents is 1. The maximum Gasteiger partial charge on any atom is 0.165 e. The Bertz CT molecular complexity index is 718. The Morgan fingerprint density at radius 3 is 2.71 bits per heavy atom. The van der Waals surface area contributed by atoms with Gasteiger partial charge in [0.1, 0.15) is 0 Å². The molecule has 1 heterocycles. The quantitative estimate of drug-likeness (QED) is 0.678. The maximum absolute atomic E-state index is 13.7. The summed E-state index contributed by atoms with van der Waals surface area (Å²) in [6, 6.07) is 6.59. The number of hydrogen-bond acceptors (Lipinski definition) is 2. The van der Waals surface area contributed by atoms with E-state index in [2.05, 4.69) is 43.2 Å². The monoisotopic (exact) mass is 330 g/mol. The first-order valence-electron chi connectivity index (χ1n) is 8.55. The third-order valence-electron chi connectivity index (χ3n) is 4.22. The van der Waals surface area contributed by atoms with E-state index >= 15 is 0 Å². The van der Waals surface area contributed by atoms with Crippen molar-refractivity contribution in [3.8, 4) is 5.75 Å². The number of rotatable bonds is 7. The van der Waals surface area contributed by atoms with E-state index in [4.69, 9.17) is 0 Å². The average Bonchev–Trinajstić information content (AvgIpc) is 2.91. The number of allylic oxidation sites excluding steroid dienone is 1. The summed E-state index contributed by atoms with van der Waals surface area (Å²) in [5.41, 5.74) is 5.55. The lowest BCUT2D eigenvalue weighted by molar-refractivity contribution is 0.431. The first-order chi connectivity index (χ1) is 11.5. The second-order valence-electron chi connectivity index (χ2n) is 6.19. The van der Waals surface area contributed by atoms with Crippen LogP contribution in [-0.4, -0.2) is 16.6 Å². The van der Waals surface area contributed by atoms with Crippen LogP contribution in [0.4, 0.5) is 4.39 Å². The molecule has 1 aromatic carbocycles. The molecule has 0 aliphatic heterocycles. The Labute approximate surface area is 143 Å². The van der Waals surface area contributed by atoms with Crippen LogP contribution in [0.3, 0.4) is 0 Å². The van der Waals surface area contributed by atoms with Gasteiger partial charge in [-0.1, -0.05) is 32.4 Å². The molecule has 0 fully saturated rings. The lowest BCUT2D eigenvalue weighted by atomic mass is 10.0. The summed E-state index contributed by atoms with van der Waals surface area (Å²) in [5, 5.41) is 12.7. The van der Waals surface area contributed by atoms with Crippen LogP contribution in [0.25, 0.3) is 5.57 Å². The number of halogens is 1. The normalized spacial score (nSPS) is 13.3. The van der Waals surface area contributed by atoms with Crippen molar-refractivity contribution < 1.29 is 9.50 Å². The molecule has 0 saturated carbocycles. The number of H-pyrrole nitrogens is 1. The van der Waals surface area contributed by atoms with Crippen molar-refractivity contribution in [2.75, 3.05) is 6.54 Å². The molecule has 3 N–H and O–H groups in total. The number of phenols is 1. The van der Waals surface area contributed by atoms with E-state index in [1.54, 1.807) is 6.07 Å². The first-order valence-corrected chi connectivity index (χ1v) is 8.55. The van der Waals surface area contributed by atoms with Gasteiger partial charge in [0.25, 0.3) is 0 Å². The predicted molar refractivity (Wildman–Crippen MR) is 97.7 cm³/mol. The molecule has 0 amide bonds. The molecular weight excluding hydrogens is 303 g/mol. The topological polar surface area (TPSA) is 48.0 Å². The number of aromatic hydroxyl groups is 1. The standard InChI is InChI=1S/C20H27FN2O/c1-5-7-17-13(3)10-18(23-17)14(4)11-19(22-6-2)15-8-9-20(24)16(21)12-15/h8-12,19,22-24H,5-7H2,1-4H3/b14-11+. The zero-order chi connectivity index (χ0) is 17.7. The highest BCUT2D eigenvalue weighted by Gasteiger charge is 2.12. The van der Waals surface area contributed by atoms with Gasteiger partial charge in [-0.25, -0.2) is 4.39 Å². The van der Waals surface area contributed by atoms with Crippen molar-refractivity contribution >= 4 is 5.57 Å². The molecule has 2 aromatic rings. The zero-order valence-electron chi connectivity index (χ0n) is 14.9. The summed E-state index contributed by atoms with van der Waals surface area (Å²) in [5.74, 6) is -0.915. The van der Waals surface area contributed by atoms with E-state index in [-0.39, 0.29) is 11.8 Å². The smallest absolute Gasteiger partial charge is 0.165 e. The lowest BCUT2D eigenvalue weighted by Gasteiger charge is -2.16. The third-order valence-corrected chi connectivity index (χ3v) is 4.22. The van der Waals surface area contributed by atoms with Gasteiger partial charge in [-0.05, 0) is 61.7 Å². The van der Waals surface area contributed by atoms with Gasteiger partial charge in [-0.3, -0.25) is 0 Å². The molecule has 0 saturated heterocycles. The fourth-order valence-electron chi connectivity index (χ4n) is 2.87. The van der Waals surface area contributed by atoms with Crippen molar-refractivity contribution in [3.05, 3.63) is 58.7 Å². The van der Waals surface area contributed by atoms with Gasteiger partial charge >= 0.3 is 0 Å². The Morgan fingerprint density at radius 2 is 2.08 bits per heavy atom. The van der Waals surface area contributed by atoms with Crippen LogP contribution in [0.1, 0.15) is 55.7 Å². The summed E-state index contributed by atoms with van der Waals surface area (Å²) < 4.78 is 13.7. The summed E-state index contributed by atoms with van der Waals surface area (Å²) >= 11 is 0. The van der Waals surface area contributed by atoms with Gasteiger partial charge in [0.2, 0.25) is 0 Å². The molecule has 0 aliphatic rings. The highest BCUT2D eigenvalue weighted by atomic mass is 19.1. The molecule has 0 bridgehead atoms. The molecule has 130 valence electrons. The Kier molecular flexibility index (Phi) is 6.21. The van der Waals surface area contributed by atoms with Gasteiger partial charge in [0, 0.05) is 11.4 Å². The largest absolute Gasteiger partial charge is 0.505 e. The zero-order valence-corrected chi connectivity index (χ0v) is 14.9. The van der Waals surface area contributed by atoms with Crippen LogP contribution in [0.15, 0.2) is 30.3 Å². The third kappa shape index (κ3) is 4.26. The SMILES string of the molecule is CCCc1[nH]c(/C(C)=C/C(NCC)c2ccc(O)c(F)c2)cc1C. The van der Waals surface area contributed by atoms with Gasteiger partial charge < -0.3 is 15.4 Å². The highest BCUT2D eigenvalue weighted by Crippen LogP contribution is 2.25. The molecule has 1 atom stereocenters. The fourth-order valence-corrected chi connectivity index (χ4v) is 2.87. The molecular formula is C20H27FN2O. The first kappa shape index (κ1) is 18.3. The molecule has 4 heteroatoms. The highest BCUT2D eigenvalue weighted by molar-refractivity contribution is 5.63. The molecule has 2 rings (SSSR count). The molecule has 0 radical (unpaired) electrons. The predicted octanol–water partition coefficient (Wildman–Crippen LogP) is 4.87. The van der Waals surface area contributed by atoms with Crippen molar-refractivity contribution in [2.24, 2.45) is 0 Å². The van der Waals surface area contributed by atoms with Gasteiger partial charge in [0.15, 0.2) is 11.6 Å². The molecule has 3 nitrogen and oxygen atoms in total. The van der Waals surface area contributed by atoms with E-state index in [0.29, 0.717) is 0 Å². The Hall–Kier alpha value is -2.07. The summed E-state index contributed by atoms with van der Waals surface area (Å²) in [4.78, 5) is 3.49. The molecule has 0 aliphatic carbocycles. The Morgan fingerprint density at radius 1 is 1.33 bits per heavy atom. The van der Waals surface area contributed by atoms with Gasteiger partial charge in [0.05, 0.1) is 6.04 Å². The van der Waals surface area contributed by atoms with E-state index in [9.17, 15) is 9.50 Å². The van der Waals surface area contributed by atoms with Crippen LogP contribution in [0, 0.1) is 12.7 Å². The van der Waals surface area contributed by atoms with Crippen LogP contribution in [0.5, 0.6) is 5.75 Å². The van der Waals surface area contributed by atoms with Crippen LogP contribution in [-0.2, 0) is 6.42 Å². The van der Waals surface area contributed by atoms with E-state index in [0.717, 1.165) is 36.2 Å². The van der Waals surface area contributed by atoms with E-state index in [1.807, 2.05) is 6.92 Å². The number of nitrogens with one attached hydrogen (secondary N) is 2. The van der Waals surface area contributed by atoms with Crippen molar-refractivity contribution in [3.63, 3.8) is 0 Å². The average molecular weight is 330 g/mol. The lowest BCUT2D eigenvalue weighted by Crippen LogP contribution is -2.19. The fraction of sp³-hybridized carbons (Fsp3) is 0.400. The minimum Gasteiger partial charge on any atom is -0.505 e. The molecule has 24 heavy (non-hydrogen) atoms. The van der Waals surface area contributed by atoms with Crippen LogP contribution < -0.4 is 5.32 Å². The second kappa shape index (κ2) is 8.15. The summed E-state index contributed by atoms with van der Waals surface area (Å²) in [7, 11) is 0. The number of benzene rings is 1. The van der Waals surface area contributed by atoms with Gasteiger partial charge in [-0.2, -0.15) is 0 Å². The molecule has 1 unspecified atom stereocenters. The summed E-state index contributed by atoms with van der Waals surface area (Å²) in [6.07, 6.45) is 4.24. The van der Waals surface area contributed by atoms with Crippen LogP contribution in [0.2, 0.25) is 0 Å². The van der Waals surface area contributed by atoms with E-state index in [1.165, 1.54) is 23.4 Å². The van der Waals surface area contributed by atoms with Crippen molar-refractivity contribution in [2.45, 2.75) is 46.6 Å². The number of likely N-dealkylation sites (N-methyl/N-ethyl adjacent to an activating group) is 1. The van der Waals surface area contributed by atoms with Crippen molar-refractivity contribution in [1.82, 2.24) is 10.3 Å². The van der Waals surface area contributed by atoms with E-state index < -0.39 is 5.82 Å². The number of hydrogen-bond donors (Lipinski definition) is 3. The van der Waals surface area contributed by atoms with Crippen molar-refractivity contribution in [1.29, 1.82) is 0 Å². The minimum absolute atomic E-state index is 0.108. The minimum atomic E-state index is -0.595. The van der Waals surface area contributed by atoms with Crippen LogP contribution >= 0.6 is 0 Å². The summed E-state index contributed by atoms with van der Waals surface area (Å²) in [6.45, 7) is 9.13. The number of aromatic amines is 1. The molecule has 1 aromatic heterocycles. The van der Waals surface area contributed by atoms with Gasteiger partial charge in [-0.15, -0.1) is 0 Å². The second-order valence-corrected chi connectivity index (χ2v) is 6.19. The maximum atomic E-state index is 13.7. The Balaban J connectivity index is 2.31. The molecule has 0 spiro atoms. The number of aryl methyl sites for hydroxylation is 2. The number of aromatic nitrogens is 1.